The monoisotopic (exact) mass is 280 g/mol. The van der Waals surface area contributed by atoms with E-state index in [0.29, 0.717) is 27.9 Å². The van der Waals surface area contributed by atoms with Gasteiger partial charge >= 0.3 is 0 Å². The van der Waals surface area contributed by atoms with Gasteiger partial charge in [-0.2, -0.15) is 0 Å². The summed E-state index contributed by atoms with van der Waals surface area (Å²) in [6, 6.07) is 5.03. The van der Waals surface area contributed by atoms with Crippen molar-refractivity contribution in [2.45, 2.75) is 13.2 Å². The molecule has 0 aliphatic carbocycles. The van der Waals surface area contributed by atoms with Crippen molar-refractivity contribution in [3.63, 3.8) is 0 Å². The van der Waals surface area contributed by atoms with Gasteiger partial charge in [0, 0.05) is 12.4 Å². The number of hydrogen-bond acceptors (Lipinski definition) is 5. The molecule has 2 aromatic rings. The second kappa shape index (κ2) is 6.36. The van der Waals surface area contributed by atoms with Crippen molar-refractivity contribution in [2.75, 3.05) is 7.11 Å². The molecule has 0 saturated heterocycles. The molecule has 1 aromatic heterocycles. The van der Waals surface area contributed by atoms with Gasteiger partial charge in [-0.05, 0) is 23.8 Å². The summed E-state index contributed by atoms with van der Waals surface area (Å²) in [5.74, 6) is 1.42. The lowest BCUT2D eigenvalue weighted by Crippen LogP contribution is -2.02. The molecule has 2 rings (SSSR count). The highest BCUT2D eigenvalue weighted by molar-refractivity contribution is 6.32. The Kier molecular flexibility index (Phi) is 4.54. The molecule has 0 amide bonds. The Morgan fingerprint density at radius 2 is 2.00 bits per heavy atom. The second-order valence-electron chi connectivity index (χ2n) is 3.72. The zero-order chi connectivity index (χ0) is 13.7. The predicted molar refractivity (Wildman–Crippen MR) is 70.3 cm³/mol. The second-order valence-corrected chi connectivity index (χ2v) is 4.13. The van der Waals surface area contributed by atoms with Crippen molar-refractivity contribution < 1.29 is 14.6 Å². The SMILES string of the molecule is COc1cc(CO)cc(Cl)c1OCc1ncccn1. The van der Waals surface area contributed by atoms with Gasteiger partial charge in [-0.25, -0.2) is 9.97 Å². The van der Waals surface area contributed by atoms with Gasteiger partial charge in [0.2, 0.25) is 0 Å². The zero-order valence-electron chi connectivity index (χ0n) is 10.3. The quantitative estimate of drug-likeness (QED) is 0.910. The number of ether oxygens (including phenoxy) is 2. The molecule has 0 unspecified atom stereocenters. The molecule has 0 atom stereocenters. The molecule has 1 N–H and O–H groups in total. The van der Waals surface area contributed by atoms with Gasteiger partial charge in [0.25, 0.3) is 0 Å². The Hall–Kier alpha value is -1.85. The average Bonchev–Trinajstić information content (AvgIpc) is 2.46. The number of rotatable bonds is 5. The summed E-state index contributed by atoms with van der Waals surface area (Å²) in [5, 5.41) is 9.48. The summed E-state index contributed by atoms with van der Waals surface area (Å²) in [6.07, 6.45) is 3.28. The lowest BCUT2D eigenvalue weighted by Gasteiger charge is -2.13. The smallest absolute Gasteiger partial charge is 0.180 e. The van der Waals surface area contributed by atoms with Crippen LogP contribution < -0.4 is 9.47 Å². The number of hydrogen-bond donors (Lipinski definition) is 1. The van der Waals surface area contributed by atoms with Crippen LogP contribution in [0.2, 0.25) is 5.02 Å². The van der Waals surface area contributed by atoms with Crippen molar-refractivity contribution in [1.82, 2.24) is 9.97 Å². The highest BCUT2D eigenvalue weighted by Gasteiger charge is 2.12. The van der Waals surface area contributed by atoms with Crippen LogP contribution in [0.25, 0.3) is 0 Å². The van der Waals surface area contributed by atoms with Crippen LogP contribution in [-0.4, -0.2) is 22.2 Å². The number of aliphatic hydroxyl groups excluding tert-OH is 1. The van der Waals surface area contributed by atoms with Crippen molar-refractivity contribution in [1.29, 1.82) is 0 Å². The zero-order valence-corrected chi connectivity index (χ0v) is 11.1. The number of aromatic nitrogens is 2. The van der Waals surface area contributed by atoms with E-state index < -0.39 is 0 Å². The Morgan fingerprint density at radius 3 is 2.63 bits per heavy atom. The van der Waals surface area contributed by atoms with Crippen molar-refractivity contribution in [2.24, 2.45) is 0 Å². The summed E-state index contributed by atoms with van der Waals surface area (Å²) in [5.41, 5.74) is 0.658. The van der Waals surface area contributed by atoms with Crippen molar-refractivity contribution >= 4 is 11.6 Å². The van der Waals surface area contributed by atoms with E-state index in [1.54, 1.807) is 30.6 Å². The van der Waals surface area contributed by atoms with Crippen molar-refractivity contribution in [3.8, 4) is 11.5 Å². The lowest BCUT2D eigenvalue weighted by molar-refractivity contribution is 0.270. The maximum absolute atomic E-state index is 9.11. The minimum Gasteiger partial charge on any atom is -0.493 e. The number of halogens is 1. The summed E-state index contributed by atoms with van der Waals surface area (Å²) in [6.45, 7) is 0.0769. The van der Waals surface area contributed by atoms with E-state index in [1.165, 1.54) is 7.11 Å². The van der Waals surface area contributed by atoms with Crippen LogP contribution in [0.3, 0.4) is 0 Å². The molecule has 6 heteroatoms. The fourth-order valence-corrected chi connectivity index (χ4v) is 1.83. The van der Waals surface area contributed by atoms with Gasteiger partial charge in [-0.15, -0.1) is 0 Å². The maximum Gasteiger partial charge on any atom is 0.180 e. The van der Waals surface area contributed by atoms with Crippen LogP contribution in [0.5, 0.6) is 11.5 Å². The van der Waals surface area contributed by atoms with Gasteiger partial charge in [0.15, 0.2) is 17.3 Å². The first-order chi connectivity index (χ1) is 9.24. The molecular weight excluding hydrogens is 268 g/mol. The largest absolute Gasteiger partial charge is 0.493 e. The van der Waals surface area contributed by atoms with Gasteiger partial charge in [-0.3, -0.25) is 0 Å². The van der Waals surface area contributed by atoms with Crippen LogP contribution in [0.4, 0.5) is 0 Å². The van der Waals surface area contributed by atoms with Gasteiger partial charge in [0.1, 0.15) is 6.61 Å². The molecule has 0 bridgehead atoms. The predicted octanol–water partition coefficient (Wildman–Crippen LogP) is 2.21. The van der Waals surface area contributed by atoms with E-state index in [1.807, 2.05) is 0 Å². The molecule has 0 radical (unpaired) electrons. The molecule has 5 nitrogen and oxygen atoms in total. The normalized spacial score (nSPS) is 10.3. The Bertz CT molecular complexity index is 549. The third-order valence-electron chi connectivity index (χ3n) is 2.44. The Labute approximate surface area is 115 Å². The van der Waals surface area contributed by atoms with E-state index in [9.17, 15) is 0 Å². The number of methoxy groups -OCH3 is 1. The molecule has 100 valence electrons. The highest BCUT2D eigenvalue weighted by Crippen LogP contribution is 2.36. The molecule has 0 aliphatic rings. The first-order valence-corrected chi connectivity index (χ1v) is 5.98. The Morgan fingerprint density at radius 1 is 1.26 bits per heavy atom. The average molecular weight is 281 g/mol. The van der Waals surface area contributed by atoms with Gasteiger partial charge in [-0.1, -0.05) is 11.6 Å². The number of aliphatic hydroxyl groups is 1. The Balaban J connectivity index is 2.20. The fraction of sp³-hybridized carbons (Fsp3) is 0.231. The lowest BCUT2D eigenvalue weighted by atomic mass is 10.2. The summed E-state index contributed by atoms with van der Waals surface area (Å²) >= 11 is 6.10. The number of benzene rings is 1. The molecule has 19 heavy (non-hydrogen) atoms. The standard InChI is InChI=1S/C13H13ClN2O3/c1-18-11-6-9(7-17)5-10(14)13(11)19-8-12-15-3-2-4-16-12/h2-6,17H,7-8H2,1H3. The van der Waals surface area contributed by atoms with E-state index in [2.05, 4.69) is 9.97 Å². The van der Waals surface area contributed by atoms with E-state index in [0.717, 1.165) is 0 Å². The molecule has 0 aliphatic heterocycles. The third kappa shape index (κ3) is 3.33. The van der Waals surface area contributed by atoms with Crippen LogP contribution in [0, 0.1) is 0 Å². The van der Waals surface area contributed by atoms with Gasteiger partial charge < -0.3 is 14.6 Å². The highest BCUT2D eigenvalue weighted by atomic mass is 35.5. The molecule has 0 fully saturated rings. The molecule has 0 saturated carbocycles. The third-order valence-corrected chi connectivity index (χ3v) is 2.72. The van der Waals surface area contributed by atoms with E-state index >= 15 is 0 Å². The van der Waals surface area contributed by atoms with Crippen LogP contribution in [0.1, 0.15) is 11.4 Å². The number of nitrogens with zero attached hydrogens (tertiary/aromatic N) is 2. The van der Waals surface area contributed by atoms with Crippen LogP contribution >= 0.6 is 11.6 Å². The van der Waals surface area contributed by atoms with Crippen molar-refractivity contribution in [3.05, 3.63) is 47.0 Å². The molecule has 0 spiro atoms. The minimum absolute atomic E-state index is 0.113. The van der Waals surface area contributed by atoms with Crippen LogP contribution in [0.15, 0.2) is 30.6 Å². The summed E-state index contributed by atoms with van der Waals surface area (Å²) in [7, 11) is 1.51. The molecule has 1 aromatic carbocycles. The molecule has 1 heterocycles. The summed E-state index contributed by atoms with van der Waals surface area (Å²) in [4.78, 5) is 8.11. The van der Waals surface area contributed by atoms with E-state index in [-0.39, 0.29) is 13.2 Å². The van der Waals surface area contributed by atoms with E-state index in [4.69, 9.17) is 26.2 Å². The first-order valence-electron chi connectivity index (χ1n) is 5.60. The minimum atomic E-state index is -0.113. The summed E-state index contributed by atoms with van der Waals surface area (Å²) < 4.78 is 10.8. The van der Waals surface area contributed by atoms with Gasteiger partial charge in [0.05, 0.1) is 18.7 Å². The topological polar surface area (TPSA) is 64.5 Å². The maximum atomic E-state index is 9.11. The molecular formula is C13H13ClN2O3. The first kappa shape index (κ1) is 13.6. The van der Waals surface area contributed by atoms with Crippen LogP contribution in [-0.2, 0) is 13.2 Å². The fourth-order valence-electron chi connectivity index (χ4n) is 1.55.